The van der Waals surface area contributed by atoms with Crippen LogP contribution in [0.4, 0.5) is 0 Å². The van der Waals surface area contributed by atoms with Gasteiger partial charge in [-0.15, -0.1) is 0 Å². The van der Waals surface area contributed by atoms with Crippen molar-refractivity contribution < 1.29 is 19.4 Å². The van der Waals surface area contributed by atoms with Gasteiger partial charge in [-0.05, 0) is 38.8 Å². The van der Waals surface area contributed by atoms with Gasteiger partial charge in [0.25, 0.3) is 5.91 Å². The molecule has 1 atom stereocenters. The quantitative estimate of drug-likeness (QED) is 0.816. The number of likely N-dealkylation sites (tertiary alicyclic amines) is 1. The average molecular weight is 276 g/mol. The molecule has 1 aliphatic rings. The third-order valence-corrected chi connectivity index (χ3v) is 3.27. The number of nitrogens with zero attached hydrogens (tertiary/aromatic N) is 1. The number of amides is 1. The Hall–Kier alpha value is -2.04. The Bertz CT molecular complexity index is 512. The second kappa shape index (κ2) is 5.94. The van der Waals surface area contributed by atoms with Crippen molar-refractivity contribution in [2.75, 3.05) is 6.54 Å². The van der Waals surface area contributed by atoms with E-state index < -0.39 is 12.0 Å². The number of aliphatic carboxylic acids is 1. The van der Waals surface area contributed by atoms with E-state index in [-0.39, 0.29) is 12.0 Å². The van der Waals surface area contributed by atoms with Gasteiger partial charge in [0.2, 0.25) is 0 Å². The van der Waals surface area contributed by atoms with Gasteiger partial charge in [0.05, 0.1) is 23.7 Å². The molecule has 1 aromatic carbocycles. The van der Waals surface area contributed by atoms with Crippen LogP contribution in [0.3, 0.4) is 0 Å². The summed E-state index contributed by atoms with van der Waals surface area (Å²) in [6, 6.07) is 6.07. The molecule has 0 aromatic heterocycles. The highest BCUT2D eigenvalue weighted by Crippen LogP contribution is 2.25. The number of ether oxygens (including phenoxy) is 1. The maximum Gasteiger partial charge on any atom is 0.258 e. The first-order valence-electron chi connectivity index (χ1n) is 6.78. The highest BCUT2D eigenvalue weighted by atomic mass is 16.5. The lowest BCUT2D eigenvalue weighted by molar-refractivity contribution is -0.310. The molecule has 0 unspecified atom stereocenters. The van der Waals surface area contributed by atoms with Crippen LogP contribution >= 0.6 is 0 Å². The van der Waals surface area contributed by atoms with Crippen LogP contribution < -0.4 is 9.84 Å². The van der Waals surface area contributed by atoms with E-state index in [2.05, 4.69) is 0 Å². The van der Waals surface area contributed by atoms with Crippen LogP contribution in [0.1, 0.15) is 37.0 Å². The second-order valence-electron chi connectivity index (χ2n) is 5.14. The summed E-state index contributed by atoms with van der Waals surface area (Å²) in [4.78, 5) is 25.0. The highest BCUT2D eigenvalue weighted by Gasteiger charge is 2.31. The van der Waals surface area contributed by atoms with E-state index in [1.54, 1.807) is 24.3 Å². The topological polar surface area (TPSA) is 69.7 Å². The largest absolute Gasteiger partial charge is 0.548 e. The Morgan fingerprint density at radius 2 is 2.05 bits per heavy atom. The molecule has 0 N–H and O–H groups in total. The summed E-state index contributed by atoms with van der Waals surface area (Å²) < 4.78 is 5.61. The van der Waals surface area contributed by atoms with Gasteiger partial charge < -0.3 is 19.5 Å². The van der Waals surface area contributed by atoms with E-state index in [1.165, 1.54) is 4.90 Å². The average Bonchev–Trinajstić information content (AvgIpc) is 2.87. The summed E-state index contributed by atoms with van der Waals surface area (Å²) in [5.41, 5.74) is 0.398. The number of rotatable bonds is 4. The fourth-order valence-corrected chi connectivity index (χ4v) is 2.41. The Labute approximate surface area is 118 Å². The van der Waals surface area contributed by atoms with Gasteiger partial charge in [0.15, 0.2) is 0 Å². The first-order valence-corrected chi connectivity index (χ1v) is 6.78. The minimum absolute atomic E-state index is 0.0561. The zero-order valence-corrected chi connectivity index (χ0v) is 11.7. The van der Waals surface area contributed by atoms with Crippen molar-refractivity contribution in [3.63, 3.8) is 0 Å². The molecule has 1 heterocycles. The van der Waals surface area contributed by atoms with Gasteiger partial charge in [-0.1, -0.05) is 12.1 Å². The smallest absolute Gasteiger partial charge is 0.258 e. The van der Waals surface area contributed by atoms with Gasteiger partial charge in [0, 0.05) is 6.54 Å². The Morgan fingerprint density at radius 3 is 2.70 bits per heavy atom. The van der Waals surface area contributed by atoms with E-state index >= 15 is 0 Å². The minimum Gasteiger partial charge on any atom is -0.548 e. The number of carbonyl (C=O) groups is 2. The summed E-state index contributed by atoms with van der Waals surface area (Å²) in [6.07, 6.45) is 1.07. The Kier molecular flexibility index (Phi) is 4.27. The fourth-order valence-electron chi connectivity index (χ4n) is 2.41. The van der Waals surface area contributed by atoms with Crippen LogP contribution in [0, 0.1) is 0 Å². The lowest BCUT2D eigenvalue weighted by Crippen LogP contribution is -2.47. The SMILES string of the molecule is CC(C)Oc1ccccc1C(=O)N1CCC[C@@H]1C(=O)[O-]. The molecule has 1 amide bonds. The molecule has 0 bridgehead atoms. The Morgan fingerprint density at radius 1 is 1.35 bits per heavy atom. The Balaban J connectivity index is 2.27. The molecule has 0 aliphatic carbocycles. The lowest BCUT2D eigenvalue weighted by Gasteiger charge is -2.26. The number of carbonyl (C=O) groups excluding carboxylic acids is 2. The summed E-state index contributed by atoms with van der Waals surface area (Å²) in [5, 5.41) is 11.1. The van der Waals surface area contributed by atoms with Crippen molar-refractivity contribution in [1.82, 2.24) is 4.90 Å². The summed E-state index contributed by atoms with van der Waals surface area (Å²) in [5.74, 6) is -1.03. The van der Waals surface area contributed by atoms with Crippen molar-refractivity contribution in [2.45, 2.75) is 38.8 Å². The van der Waals surface area contributed by atoms with Crippen LogP contribution in [0.25, 0.3) is 0 Å². The maximum atomic E-state index is 12.5. The van der Waals surface area contributed by atoms with Crippen LogP contribution in [0.15, 0.2) is 24.3 Å². The van der Waals surface area contributed by atoms with E-state index in [9.17, 15) is 14.7 Å². The van der Waals surface area contributed by atoms with Gasteiger partial charge in [0.1, 0.15) is 5.75 Å². The molecule has 1 saturated heterocycles. The number of carboxylic acid groups (broad SMARTS) is 1. The molecule has 0 saturated carbocycles. The summed E-state index contributed by atoms with van der Waals surface area (Å²) in [6.45, 7) is 4.19. The molecule has 1 fully saturated rings. The van der Waals surface area contributed by atoms with E-state index in [0.29, 0.717) is 30.7 Å². The van der Waals surface area contributed by atoms with Crippen molar-refractivity contribution in [3.05, 3.63) is 29.8 Å². The van der Waals surface area contributed by atoms with Gasteiger partial charge >= 0.3 is 0 Å². The minimum atomic E-state index is -1.20. The maximum absolute atomic E-state index is 12.5. The summed E-state index contributed by atoms with van der Waals surface area (Å²) >= 11 is 0. The lowest BCUT2D eigenvalue weighted by atomic mass is 10.1. The standard InChI is InChI=1S/C15H19NO4/c1-10(2)20-13-8-4-3-6-11(13)14(17)16-9-5-7-12(16)15(18)19/h3-4,6,8,10,12H,5,7,9H2,1-2H3,(H,18,19)/p-1/t12-/m1/s1. The second-order valence-corrected chi connectivity index (χ2v) is 5.14. The van der Waals surface area contributed by atoms with Crippen molar-refractivity contribution in [3.8, 4) is 5.75 Å². The number of hydrogen-bond donors (Lipinski definition) is 0. The zero-order valence-electron chi connectivity index (χ0n) is 11.7. The number of para-hydroxylation sites is 1. The van der Waals surface area contributed by atoms with E-state index in [1.807, 2.05) is 13.8 Å². The molecule has 108 valence electrons. The molecule has 20 heavy (non-hydrogen) atoms. The van der Waals surface area contributed by atoms with Crippen molar-refractivity contribution in [1.29, 1.82) is 0 Å². The molecule has 0 spiro atoms. The normalized spacial score (nSPS) is 18.4. The van der Waals surface area contributed by atoms with Crippen molar-refractivity contribution >= 4 is 11.9 Å². The number of hydrogen-bond acceptors (Lipinski definition) is 4. The van der Waals surface area contributed by atoms with Gasteiger partial charge in [-0.2, -0.15) is 0 Å². The van der Waals surface area contributed by atoms with Crippen LogP contribution in [0.5, 0.6) is 5.75 Å². The molecular formula is C15H18NO4-. The number of carboxylic acids is 1. The summed E-state index contributed by atoms with van der Waals surface area (Å²) in [7, 11) is 0. The van der Waals surface area contributed by atoms with Crippen molar-refractivity contribution in [2.24, 2.45) is 0 Å². The highest BCUT2D eigenvalue weighted by molar-refractivity contribution is 5.99. The molecule has 1 aromatic rings. The molecule has 1 aliphatic heterocycles. The fraction of sp³-hybridized carbons (Fsp3) is 0.467. The molecule has 5 nitrogen and oxygen atoms in total. The molecule has 0 radical (unpaired) electrons. The molecular weight excluding hydrogens is 258 g/mol. The van der Waals surface area contributed by atoms with Crippen LogP contribution in [-0.4, -0.2) is 35.5 Å². The monoisotopic (exact) mass is 276 g/mol. The van der Waals surface area contributed by atoms with Crippen LogP contribution in [0.2, 0.25) is 0 Å². The third-order valence-electron chi connectivity index (χ3n) is 3.27. The first kappa shape index (κ1) is 14.4. The number of benzene rings is 1. The van der Waals surface area contributed by atoms with Gasteiger partial charge in [-0.3, -0.25) is 4.79 Å². The zero-order chi connectivity index (χ0) is 14.7. The van der Waals surface area contributed by atoms with Crippen LogP contribution in [-0.2, 0) is 4.79 Å². The molecule has 5 heteroatoms. The predicted molar refractivity (Wildman–Crippen MR) is 71.3 cm³/mol. The molecule has 2 rings (SSSR count). The third kappa shape index (κ3) is 2.92. The predicted octanol–water partition coefficient (Wildman–Crippen LogP) is 0.828. The van der Waals surface area contributed by atoms with E-state index in [4.69, 9.17) is 4.74 Å². The van der Waals surface area contributed by atoms with E-state index in [0.717, 1.165) is 0 Å². The van der Waals surface area contributed by atoms with Gasteiger partial charge in [-0.25, -0.2) is 0 Å². The first-order chi connectivity index (χ1) is 9.50.